The minimum absolute atomic E-state index is 0.0160. The van der Waals surface area contributed by atoms with Crippen LogP contribution in [0.4, 0.5) is 11.4 Å². The van der Waals surface area contributed by atoms with E-state index in [-0.39, 0.29) is 28.9 Å². The first kappa shape index (κ1) is 12.3. The normalized spacial score (nSPS) is 18.9. The highest BCUT2D eigenvalue weighted by atomic mass is 16.6. The average molecular weight is 250 g/mol. The van der Waals surface area contributed by atoms with Crippen molar-refractivity contribution in [3.05, 3.63) is 33.9 Å². The van der Waals surface area contributed by atoms with E-state index < -0.39 is 4.92 Å². The molecule has 1 atom stereocenters. The van der Waals surface area contributed by atoms with Crippen LogP contribution in [0.25, 0.3) is 0 Å². The summed E-state index contributed by atoms with van der Waals surface area (Å²) in [5.41, 5.74) is 11.3. The van der Waals surface area contributed by atoms with Crippen LogP contribution in [-0.2, 0) is 0 Å². The number of amides is 1. The van der Waals surface area contributed by atoms with E-state index >= 15 is 0 Å². The molecule has 4 N–H and O–H groups in total. The number of nitrogens with two attached hydrogens (primary N) is 2. The number of nitro groups is 1. The van der Waals surface area contributed by atoms with E-state index in [1.807, 2.05) is 0 Å². The molecule has 0 spiro atoms. The topological polar surface area (TPSA) is 115 Å². The van der Waals surface area contributed by atoms with Crippen molar-refractivity contribution < 1.29 is 9.72 Å². The molecule has 1 amide bonds. The highest BCUT2D eigenvalue weighted by Gasteiger charge is 2.26. The van der Waals surface area contributed by atoms with Crippen LogP contribution in [0.15, 0.2) is 18.2 Å². The highest BCUT2D eigenvalue weighted by Crippen LogP contribution is 2.23. The molecular weight excluding hydrogens is 236 g/mol. The molecule has 1 aromatic carbocycles. The summed E-state index contributed by atoms with van der Waals surface area (Å²) in [4.78, 5) is 23.8. The van der Waals surface area contributed by atoms with Crippen LogP contribution in [0.1, 0.15) is 16.8 Å². The molecule has 1 aromatic rings. The Bertz CT molecular complexity index is 503. The molecule has 0 radical (unpaired) electrons. The number of carbonyl (C=O) groups excluding carboxylic acids is 1. The fraction of sp³-hybridized carbons (Fsp3) is 0.364. The first-order valence-electron chi connectivity index (χ1n) is 5.58. The molecule has 96 valence electrons. The molecule has 1 aliphatic rings. The maximum Gasteiger partial charge on any atom is 0.292 e. The predicted molar refractivity (Wildman–Crippen MR) is 66.0 cm³/mol. The Kier molecular flexibility index (Phi) is 3.15. The fourth-order valence-corrected chi connectivity index (χ4v) is 1.99. The third kappa shape index (κ3) is 2.25. The Morgan fingerprint density at radius 3 is 2.78 bits per heavy atom. The number of benzene rings is 1. The first-order chi connectivity index (χ1) is 8.49. The predicted octanol–water partition coefficient (Wildman–Crippen LogP) is 0.350. The van der Waals surface area contributed by atoms with Gasteiger partial charge in [0.1, 0.15) is 5.69 Å². The van der Waals surface area contributed by atoms with Gasteiger partial charge in [0.2, 0.25) is 0 Å². The average Bonchev–Trinajstić information content (AvgIpc) is 2.75. The van der Waals surface area contributed by atoms with Crippen molar-refractivity contribution in [2.24, 2.45) is 5.73 Å². The number of likely N-dealkylation sites (tertiary alicyclic amines) is 1. The van der Waals surface area contributed by atoms with Gasteiger partial charge in [0, 0.05) is 30.8 Å². The molecule has 0 aromatic heterocycles. The lowest BCUT2D eigenvalue weighted by Gasteiger charge is -2.15. The lowest BCUT2D eigenvalue weighted by Crippen LogP contribution is -2.31. The number of rotatable bonds is 2. The van der Waals surface area contributed by atoms with Crippen molar-refractivity contribution in [1.82, 2.24) is 4.90 Å². The number of hydrogen-bond donors (Lipinski definition) is 2. The summed E-state index contributed by atoms with van der Waals surface area (Å²) in [5.74, 6) is -0.244. The monoisotopic (exact) mass is 250 g/mol. The molecule has 0 saturated carbocycles. The van der Waals surface area contributed by atoms with E-state index in [9.17, 15) is 14.9 Å². The molecule has 7 nitrogen and oxygen atoms in total. The van der Waals surface area contributed by atoms with E-state index in [4.69, 9.17) is 11.5 Å². The zero-order valence-electron chi connectivity index (χ0n) is 9.70. The van der Waals surface area contributed by atoms with Crippen molar-refractivity contribution in [2.45, 2.75) is 12.5 Å². The number of nitro benzene ring substituents is 1. The van der Waals surface area contributed by atoms with Gasteiger partial charge < -0.3 is 16.4 Å². The highest BCUT2D eigenvalue weighted by molar-refractivity contribution is 5.95. The van der Waals surface area contributed by atoms with Crippen molar-refractivity contribution in [3.8, 4) is 0 Å². The Hall–Kier alpha value is -2.15. The molecule has 1 heterocycles. The third-order valence-electron chi connectivity index (χ3n) is 2.99. The zero-order chi connectivity index (χ0) is 13.3. The second-order valence-corrected chi connectivity index (χ2v) is 4.33. The maximum absolute atomic E-state index is 12.1. The molecular formula is C11H14N4O3. The van der Waals surface area contributed by atoms with Crippen LogP contribution >= 0.6 is 0 Å². The summed E-state index contributed by atoms with van der Waals surface area (Å²) < 4.78 is 0. The van der Waals surface area contributed by atoms with Crippen molar-refractivity contribution in [1.29, 1.82) is 0 Å². The Morgan fingerprint density at radius 1 is 1.50 bits per heavy atom. The lowest BCUT2D eigenvalue weighted by molar-refractivity contribution is -0.383. The molecule has 1 aliphatic heterocycles. The smallest absolute Gasteiger partial charge is 0.292 e. The van der Waals surface area contributed by atoms with Crippen LogP contribution in [0.2, 0.25) is 0 Å². The van der Waals surface area contributed by atoms with Gasteiger partial charge in [-0.15, -0.1) is 0 Å². The summed E-state index contributed by atoms with van der Waals surface area (Å²) in [6.07, 6.45) is 0.753. The van der Waals surface area contributed by atoms with Gasteiger partial charge in [-0.3, -0.25) is 14.9 Å². The molecule has 1 fully saturated rings. The van der Waals surface area contributed by atoms with Crippen molar-refractivity contribution >= 4 is 17.3 Å². The van der Waals surface area contributed by atoms with E-state index in [1.165, 1.54) is 18.2 Å². The molecule has 7 heteroatoms. The van der Waals surface area contributed by atoms with Gasteiger partial charge in [-0.05, 0) is 18.6 Å². The van der Waals surface area contributed by atoms with E-state index in [2.05, 4.69) is 0 Å². The van der Waals surface area contributed by atoms with Crippen LogP contribution in [0.5, 0.6) is 0 Å². The van der Waals surface area contributed by atoms with Crippen LogP contribution in [0, 0.1) is 10.1 Å². The molecule has 2 rings (SSSR count). The molecule has 1 saturated heterocycles. The summed E-state index contributed by atoms with van der Waals surface area (Å²) in [6.45, 7) is 1.06. The SMILES string of the molecule is Nc1ccc(C(=O)N2CC[C@@H](N)C2)cc1[N+](=O)[O-]. The van der Waals surface area contributed by atoms with Gasteiger partial charge >= 0.3 is 0 Å². The minimum atomic E-state index is -0.595. The summed E-state index contributed by atoms with van der Waals surface area (Å²) in [7, 11) is 0. The van der Waals surface area contributed by atoms with Gasteiger partial charge in [-0.1, -0.05) is 0 Å². The van der Waals surface area contributed by atoms with Gasteiger partial charge in [0.25, 0.3) is 11.6 Å². The van der Waals surface area contributed by atoms with Crippen LogP contribution in [-0.4, -0.2) is 34.9 Å². The van der Waals surface area contributed by atoms with Gasteiger partial charge in [-0.2, -0.15) is 0 Å². The largest absolute Gasteiger partial charge is 0.393 e. The Balaban J connectivity index is 2.26. The van der Waals surface area contributed by atoms with Gasteiger partial charge in [0.05, 0.1) is 4.92 Å². The quantitative estimate of drug-likeness (QED) is 0.446. The number of nitrogens with zero attached hydrogens (tertiary/aromatic N) is 2. The third-order valence-corrected chi connectivity index (χ3v) is 2.99. The number of nitrogen functional groups attached to an aromatic ring is 1. The second-order valence-electron chi connectivity index (χ2n) is 4.33. The number of carbonyl (C=O) groups is 1. The Labute approximate surface area is 104 Å². The fourth-order valence-electron chi connectivity index (χ4n) is 1.99. The zero-order valence-corrected chi connectivity index (χ0v) is 9.70. The van der Waals surface area contributed by atoms with E-state index in [1.54, 1.807) is 4.90 Å². The Morgan fingerprint density at radius 2 is 2.22 bits per heavy atom. The molecule has 0 aliphatic carbocycles. The lowest BCUT2D eigenvalue weighted by atomic mass is 10.1. The van der Waals surface area contributed by atoms with Crippen molar-refractivity contribution in [2.75, 3.05) is 18.8 Å². The van der Waals surface area contributed by atoms with Gasteiger partial charge in [0.15, 0.2) is 0 Å². The van der Waals surface area contributed by atoms with Gasteiger partial charge in [-0.25, -0.2) is 0 Å². The second kappa shape index (κ2) is 4.61. The summed E-state index contributed by atoms with van der Waals surface area (Å²) in [5, 5.41) is 10.8. The van der Waals surface area contributed by atoms with Crippen LogP contribution < -0.4 is 11.5 Å². The van der Waals surface area contributed by atoms with E-state index in [0.717, 1.165) is 6.42 Å². The molecule has 0 unspecified atom stereocenters. The summed E-state index contributed by atoms with van der Waals surface area (Å²) in [6, 6.07) is 4.06. The van der Waals surface area contributed by atoms with Crippen molar-refractivity contribution in [3.63, 3.8) is 0 Å². The minimum Gasteiger partial charge on any atom is -0.393 e. The standard InChI is InChI=1S/C11H14N4O3/c12-8-3-4-14(6-8)11(16)7-1-2-9(13)10(5-7)15(17)18/h1-2,5,8H,3-4,6,12-13H2/t8-/m1/s1. The molecule has 0 bridgehead atoms. The molecule has 18 heavy (non-hydrogen) atoms. The number of hydrogen-bond acceptors (Lipinski definition) is 5. The summed E-state index contributed by atoms with van der Waals surface area (Å²) >= 11 is 0. The maximum atomic E-state index is 12.1. The number of anilines is 1. The van der Waals surface area contributed by atoms with E-state index in [0.29, 0.717) is 13.1 Å². The van der Waals surface area contributed by atoms with Crippen LogP contribution in [0.3, 0.4) is 0 Å². The first-order valence-corrected chi connectivity index (χ1v) is 5.58.